The number of rotatable bonds is 2. The second-order valence-electron chi connectivity index (χ2n) is 3.97. The Labute approximate surface area is 120 Å². The molecule has 0 aliphatic heterocycles. The first-order valence-electron chi connectivity index (χ1n) is 5.39. The number of nitrogens with one attached hydrogen (secondary N) is 1. The Morgan fingerprint density at radius 3 is 2.40 bits per heavy atom. The predicted octanol–water partition coefficient (Wildman–Crippen LogP) is 3.70. The molecule has 0 aromatic heterocycles. The molecule has 0 unspecified atom stereocenters. The Bertz CT molecular complexity index is 671. The van der Waals surface area contributed by atoms with Gasteiger partial charge in [-0.3, -0.25) is 4.79 Å². The molecule has 0 atom stereocenters. The number of carbonyl (C=O) groups excluding carboxylic acids is 1. The van der Waals surface area contributed by atoms with Crippen molar-refractivity contribution in [1.82, 2.24) is 0 Å². The number of carbonyl (C=O) groups is 1. The summed E-state index contributed by atoms with van der Waals surface area (Å²) in [6.07, 6.45) is 0. The van der Waals surface area contributed by atoms with Crippen LogP contribution in [0.25, 0.3) is 0 Å². The van der Waals surface area contributed by atoms with Gasteiger partial charge in [0.15, 0.2) is 0 Å². The molecule has 0 spiro atoms. The van der Waals surface area contributed by atoms with Gasteiger partial charge in [0.1, 0.15) is 17.5 Å². The molecule has 0 heterocycles. The molecule has 0 saturated carbocycles. The van der Waals surface area contributed by atoms with Crippen molar-refractivity contribution in [1.29, 1.82) is 0 Å². The van der Waals surface area contributed by atoms with E-state index in [-0.39, 0.29) is 16.9 Å². The lowest BCUT2D eigenvalue weighted by molar-refractivity contribution is 0.102. The third kappa shape index (κ3) is 3.11. The number of anilines is 2. The summed E-state index contributed by atoms with van der Waals surface area (Å²) in [7, 11) is 0. The highest BCUT2D eigenvalue weighted by molar-refractivity contribution is 9.10. The van der Waals surface area contributed by atoms with Crippen molar-refractivity contribution in [2.24, 2.45) is 0 Å². The van der Waals surface area contributed by atoms with Crippen LogP contribution < -0.4 is 11.1 Å². The first-order chi connectivity index (χ1) is 9.36. The van der Waals surface area contributed by atoms with Crippen molar-refractivity contribution in [2.45, 2.75) is 0 Å². The SMILES string of the molecule is Nc1cc(NC(=O)c2cc(F)cc(Br)c2)c(F)cc1F. The summed E-state index contributed by atoms with van der Waals surface area (Å²) >= 11 is 3.04. The summed E-state index contributed by atoms with van der Waals surface area (Å²) in [6.45, 7) is 0. The third-order valence-corrected chi connectivity index (χ3v) is 2.92. The number of amides is 1. The molecule has 2 aromatic carbocycles. The molecule has 1 amide bonds. The van der Waals surface area contributed by atoms with E-state index >= 15 is 0 Å². The van der Waals surface area contributed by atoms with Crippen LogP contribution in [-0.2, 0) is 0 Å². The van der Waals surface area contributed by atoms with E-state index in [4.69, 9.17) is 5.73 Å². The van der Waals surface area contributed by atoms with Crippen LogP contribution in [0.15, 0.2) is 34.8 Å². The highest BCUT2D eigenvalue weighted by Gasteiger charge is 2.13. The molecule has 0 fully saturated rings. The molecule has 0 bridgehead atoms. The molecule has 3 N–H and O–H groups in total. The monoisotopic (exact) mass is 344 g/mol. The molecule has 0 radical (unpaired) electrons. The Balaban J connectivity index is 2.30. The molecular formula is C13H8BrF3N2O. The minimum Gasteiger partial charge on any atom is -0.396 e. The van der Waals surface area contributed by atoms with Crippen molar-refractivity contribution in [3.63, 3.8) is 0 Å². The lowest BCUT2D eigenvalue weighted by Crippen LogP contribution is -2.14. The topological polar surface area (TPSA) is 55.1 Å². The molecule has 20 heavy (non-hydrogen) atoms. The van der Waals surface area contributed by atoms with E-state index in [2.05, 4.69) is 21.2 Å². The second kappa shape index (κ2) is 5.54. The normalized spacial score (nSPS) is 10.4. The van der Waals surface area contributed by atoms with E-state index in [1.165, 1.54) is 12.1 Å². The number of halogens is 4. The van der Waals surface area contributed by atoms with E-state index in [1.807, 2.05) is 0 Å². The smallest absolute Gasteiger partial charge is 0.255 e. The van der Waals surface area contributed by atoms with E-state index in [1.54, 1.807) is 0 Å². The summed E-state index contributed by atoms with van der Waals surface area (Å²) in [4.78, 5) is 11.9. The van der Waals surface area contributed by atoms with Crippen LogP contribution in [0.4, 0.5) is 24.5 Å². The molecule has 7 heteroatoms. The Morgan fingerprint density at radius 2 is 1.75 bits per heavy atom. The number of hydrogen-bond acceptors (Lipinski definition) is 2. The van der Waals surface area contributed by atoms with Crippen LogP contribution in [-0.4, -0.2) is 5.91 Å². The van der Waals surface area contributed by atoms with E-state index in [0.717, 1.165) is 12.1 Å². The Hall–Kier alpha value is -2.02. The van der Waals surface area contributed by atoms with Crippen LogP contribution in [0.5, 0.6) is 0 Å². The Kier molecular flexibility index (Phi) is 3.99. The third-order valence-electron chi connectivity index (χ3n) is 2.46. The van der Waals surface area contributed by atoms with Gasteiger partial charge >= 0.3 is 0 Å². The average molecular weight is 345 g/mol. The summed E-state index contributed by atoms with van der Waals surface area (Å²) in [5.74, 6) is -3.26. The standard InChI is InChI=1S/C13H8BrF3N2O/c14-7-1-6(2-8(15)3-7)13(20)19-12-5-11(18)9(16)4-10(12)17/h1-5H,18H2,(H,19,20). The second-order valence-corrected chi connectivity index (χ2v) is 4.88. The molecule has 0 saturated heterocycles. The minimum atomic E-state index is -0.972. The van der Waals surface area contributed by atoms with Crippen LogP contribution in [0, 0.1) is 17.5 Å². The molecule has 104 valence electrons. The van der Waals surface area contributed by atoms with Crippen molar-refractivity contribution < 1.29 is 18.0 Å². The summed E-state index contributed by atoms with van der Waals surface area (Å²) < 4.78 is 40.0. The lowest BCUT2D eigenvalue weighted by atomic mass is 10.2. The first kappa shape index (κ1) is 14.4. The zero-order valence-electron chi connectivity index (χ0n) is 9.88. The fourth-order valence-corrected chi connectivity index (χ4v) is 2.01. The molecular weight excluding hydrogens is 337 g/mol. The van der Waals surface area contributed by atoms with Crippen molar-refractivity contribution in [2.75, 3.05) is 11.1 Å². The van der Waals surface area contributed by atoms with Gasteiger partial charge in [-0.25, -0.2) is 13.2 Å². The molecule has 0 aliphatic rings. The quantitative estimate of drug-likeness (QED) is 0.816. The maximum atomic E-state index is 13.5. The first-order valence-corrected chi connectivity index (χ1v) is 6.18. The molecule has 2 aromatic rings. The van der Waals surface area contributed by atoms with Crippen LogP contribution in [0.2, 0.25) is 0 Å². The number of hydrogen-bond donors (Lipinski definition) is 2. The number of nitrogen functional groups attached to an aromatic ring is 1. The fourth-order valence-electron chi connectivity index (χ4n) is 1.54. The van der Waals surface area contributed by atoms with Gasteiger partial charge in [-0.15, -0.1) is 0 Å². The zero-order valence-corrected chi connectivity index (χ0v) is 11.5. The number of nitrogens with two attached hydrogens (primary N) is 1. The zero-order chi connectivity index (χ0) is 14.9. The van der Waals surface area contributed by atoms with Crippen LogP contribution in [0.3, 0.4) is 0 Å². The summed E-state index contributed by atoms with van der Waals surface area (Å²) in [5, 5.41) is 2.20. The van der Waals surface area contributed by atoms with Crippen LogP contribution >= 0.6 is 15.9 Å². The van der Waals surface area contributed by atoms with Gasteiger partial charge in [0, 0.05) is 16.1 Å². The molecule has 0 aliphatic carbocycles. The highest BCUT2D eigenvalue weighted by atomic mass is 79.9. The van der Waals surface area contributed by atoms with Gasteiger partial charge in [0.05, 0.1) is 11.4 Å². The van der Waals surface area contributed by atoms with Gasteiger partial charge in [0.25, 0.3) is 5.91 Å². The number of benzene rings is 2. The van der Waals surface area contributed by atoms with E-state index in [9.17, 15) is 18.0 Å². The van der Waals surface area contributed by atoms with E-state index < -0.39 is 23.4 Å². The highest BCUT2D eigenvalue weighted by Crippen LogP contribution is 2.22. The molecule has 2 rings (SSSR count). The van der Waals surface area contributed by atoms with Crippen molar-refractivity contribution >= 4 is 33.2 Å². The summed E-state index contributed by atoms with van der Waals surface area (Å²) in [5.41, 5.74) is 4.69. The minimum absolute atomic E-state index is 0.0147. The summed E-state index contributed by atoms with van der Waals surface area (Å²) in [6, 6.07) is 5.05. The molecule has 3 nitrogen and oxygen atoms in total. The van der Waals surface area contributed by atoms with Gasteiger partial charge in [-0.05, 0) is 24.3 Å². The van der Waals surface area contributed by atoms with Crippen molar-refractivity contribution in [3.8, 4) is 0 Å². The predicted molar refractivity (Wildman–Crippen MR) is 72.8 cm³/mol. The van der Waals surface area contributed by atoms with Gasteiger partial charge in [0.2, 0.25) is 0 Å². The maximum Gasteiger partial charge on any atom is 0.255 e. The fraction of sp³-hybridized carbons (Fsp3) is 0. The van der Waals surface area contributed by atoms with Crippen LogP contribution in [0.1, 0.15) is 10.4 Å². The average Bonchev–Trinajstić information content (AvgIpc) is 2.34. The lowest BCUT2D eigenvalue weighted by Gasteiger charge is -2.08. The van der Waals surface area contributed by atoms with Crippen molar-refractivity contribution in [3.05, 3.63) is 57.8 Å². The van der Waals surface area contributed by atoms with Gasteiger partial charge < -0.3 is 11.1 Å². The Morgan fingerprint density at radius 1 is 1.05 bits per heavy atom. The maximum absolute atomic E-state index is 13.5. The van der Waals surface area contributed by atoms with Gasteiger partial charge in [-0.1, -0.05) is 15.9 Å². The van der Waals surface area contributed by atoms with E-state index in [0.29, 0.717) is 10.5 Å². The largest absolute Gasteiger partial charge is 0.396 e. The van der Waals surface area contributed by atoms with Gasteiger partial charge in [-0.2, -0.15) is 0 Å².